The molecule has 76 valence electrons. The summed E-state index contributed by atoms with van der Waals surface area (Å²) in [5, 5.41) is 0. The molecule has 13 heavy (non-hydrogen) atoms. The van der Waals surface area contributed by atoms with E-state index in [0.29, 0.717) is 0 Å². The summed E-state index contributed by atoms with van der Waals surface area (Å²) in [6, 6.07) is 0. The van der Waals surface area contributed by atoms with Gasteiger partial charge in [0.25, 0.3) is 0 Å². The maximum Gasteiger partial charge on any atom is 0.168 e. The third-order valence-electron chi connectivity index (χ3n) is 2.94. The van der Waals surface area contributed by atoms with Gasteiger partial charge in [0, 0.05) is 20.0 Å². The monoisotopic (exact) mass is 250 g/mol. The Morgan fingerprint density at radius 1 is 1.08 bits per heavy atom. The van der Waals surface area contributed by atoms with Gasteiger partial charge in [-0.3, -0.25) is 0 Å². The second kappa shape index (κ2) is 3.50. The lowest BCUT2D eigenvalue weighted by atomic mass is 9.91. The van der Waals surface area contributed by atoms with E-state index in [0.717, 1.165) is 38.9 Å². The van der Waals surface area contributed by atoms with Crippen LogP contribution in [0.25, 0.3) is 0 Å². The summed E-state index contributed by atoms with van der Waals surface area (Å²) >= 11 is 3.59. The second-order valence-corrected chi connectivity index (χ2v) is 5.14. The highest BCUT2D eigenvalue weighted by Gasteiger charge is 2.45. The van der Waals surface area contributed by atoms with E-state index in [1.165, 1.54) is 0 Å². The van der Waals surface area contributed by atoms with Crippen LogP contribution in [0.2, 0.25) is 0 Å². The molecule has 2 fully saturated rings. The average Bonchev–Trinajstić information content (AvgIpc) is 2.61. The van der Waals surface area contributed by atoms with Crippen molar-refractivity contribution >= 4 is 15.9 Å². The molecule has 0 aromatic heterocycles. The predicted molar refractivity (Wildman–Crippen MR) is 51.8 cm³/mol. The molecule has 1 saturated carbocycles. The highest BCUT2D eigenvalue weighted by molar-refractivity contribution is 9.10. The lowest BCUT2D eigenvalue weighted by Gasteiger charge is -2.39. The van der Waals surface area contributed by atoms with Gasteiger partial charge in [-0.05, 0) is 12.8 Å². The Morgan fingerprint density at radius 2 is 1.62 bits per heavy atom. The van der Waals surface area contributed by atoms with E-state index in [1.54, 1.807) is 7.11 Å². The number of alkyl halides is 1. The van der Waals surface area contributed by atoms with E-state index in [-0.39, 0.29) is 10.3 Å². The molecule has 1 aliphatic heterocycles. The van der Waals surface area contributed by atoms with Crippen LogP contribution in [-0.2, 0) is 14.2 Å². The van der Waals surface area contributed by atoms with Gasteiger partial charge in [0.1, 0.15) is 4.51 Å². The van der Waals surface area contributed by atoms with Crippen molar-refractivity contribution in [1.82, 2.24) is 0 Å². The fourth-order valence-electron chi connectivity index (χ4n) is 1.99. The molecule has 0 aromatic rings. The molecule has 1 aliphatic carbocycles. The fraction of sp³-hybridized carbons (Fsp3) is 1.00. The first-order valence-corrected chi connectivity index (χ1v) is 5.49. The van der Waals surface area contributed by atoms with Crippen molar-refractivity contribution in [3.05, 3.63) is 0 Å². The number of rotatable bonds is 1. The van der Waals surface area contributed by atoms with Crippen LogP contribution >= 0.6 is 15.9 Å². The third-order valence-corrected chi connectivity index (χ3v) is 4.05. The summed E-state index contributed by atoms with van der Waals surface area (Å²) in [4.78, 5) is 0. The topological polar surface area (TPSA) is 27.7 Å². The minimum atomic E-state index is -0.282. The van der Waals surface area contributed by atoms with Crippen molar-refractivity contribution in [2.75, 3.05) is 20.3 Å². The Hall–Kier alpha value is 0.360. The number of hydrogen-bond acceptors (Lipinski definition) is 3. The molecule has 1 saturated heterocycles. The van der Waals surface area contributed by atoms with E-state index >= 15 is 0 Å². The maximum absolute atomic E-state index is 5.62. The van der Waals surface area contributed by atoms with Crippen molar-refractivity contribution in [1.29, 1.82) is 0 Å². The average molecular weight is 251 g/mol. The summed E-state index contributed by atoms with van der Waals surface area (Å²) in [5.41, 5.74) is 0. The van der Waals surface area contributed by atoms with Gasteiger partial charge in [-0.2, -0.15) is 0 Å². The second-order valence-electron chi connectivity index (χ2n) is 3.69. The van der Waals surface area contributed by atoms with Crippen LogP contribution in [0.5, 0.6) is 0 Å². The molecule has 0 unspecified atom stereocenters. The zero-order valence-corrected chi connectivity index (χ0v) is 9.43. The quantitative estimate of drug-likeness (QED) is 0.667. The molecule has 2 aliphatic rings. The zero-order chi connectivity index (χ0) is 9.36. The van der Waals surface area contributed by atoms with Gasteiger partial charge in [-0.25, -0.2) is 0 Å². The van der Waals surface area contributed by atoms with Gasteiger partial charge in [0.15, 0.2) is 5.79 Å². The molecule has 1 heterocycles. The van der Waals surface area contributed by atoms with Crippen LogP contribution in [-0.4, -0.2) is 30.6 Å². The predicted octanol–water partition coefficient (Wildman–Crippen LogP) is 2.04. The molecule has 0 atom stereocenters. The van der Waals surface area contributed by atoms with E-state index in [2.05, 4.69) is 15.9 Å². The molecule has 0 radical (unpaired) electrons. The molecule has 0 bridgehead atoms. The van der Waals surface area contributed by atoms with Crippen LogP contribution in [0.1, 0.15) is 25.7 Å². The van der Waals surface area contributed by atoms with Crippen LogP contribution in [0, 0.1) is 0 Å². The van der Waals surface area contributed by atoms with E-state index in [9.17, 15) is 0 Å². The number of methoxy groups -OCH3 is 1. The van der Waals surface area contributed by atoms with Crippen molar-refractivity contribution in [3.8, 4) is 0 Å². The Bertz CT molecular complexity index is 179. The summed E-state index contributed by atoms with van der Waals surface area (Å²) in [6.45, 7) is 1.48. The van der Waals surface area contributed by atoms with Crippen molar-refractivity contribution in [2.24, 2.45) is 0 Å². The van der Waals surface area contributed by atoms with Crippen molar-refractivity contribution in [3.63, 3.8) is 0 Å². The van der Waals surface area contributed by atoms with Crippen molar-refractivity contribution in [2.45, 2.75) is 36.0 Å². The first-order valence-electron chi connectivity index (χ1n) is 4.70. The molecule has 4 heteroatoms. The fourth-order valence-corrected chi connectivity index (χ4v) is 2.39. The molecular weight excluding hydrogens is 236 g/mol. The molecule has 0 amide bonds. The lowest BCUT2D eigenvalue weighted by molar-refractivity contribution is -0.192. The van der Waals surface area contributed by atoms with Gasteiger partial charge in [-0.1, -0.05) is 15.9 Å². The Labute approximate surface area is 86.9 Å². The number of hydrogen-bond donors (Lipinski definition) is 0. The molecular formula is C9H15BrO3. The Morgan fingerprint density at radius 3 is 2.08 bits per heavy atom. The standard InChI is InChI=1S/C9H15BrO3/c1-11-8(10)2-4-9(5-3-8)12-6-7-13-9/h2-7H2,1H3. The van der Waals surface area contributed by atoms with Gasteiger partial charge < -0.3 is 14.2 Å². The van der Waals surface area contributed by atoms with E-state index in [1.807, 2.05) is 0 Å². The summed E-state index contributed by atoms with van der Waals surface area (Å²) in [5.74, 6) is -0.282. The smallest absolute Gasteiger partial charge is 0.168 e. The number of halogens is 1. The van der Waals surface area contributed by atoms with Crippen LogP contribution in [0.4, 0.5) is 0 Å². The minimum Gasteiger partial charge on any atom is -0.367 e. The van der Waals surface area contributed by atoms with Crippen LogP contribution < -0.4 is 0 Å². The summed E-state index contributed by atoms with van der Waals surface area (Å²) in [7, 11) is 1.74. The highest BCUT2D eigenvalue weighted by atomic mass is 79.9. The van der Waals surface area contributed by atoms with Crippen LogP contribution in [0.3, 0.4) is 0 Å². The normalized spacial score (nSPS) is 30.9. The molecule has 0 aromatic carbocycles. The van der Waals surface area contributed by atoms with E-state index in [4.69, 9.17) is 14.2 Å². The lowest BCUT2D eigenvalue weighted by Crippen LogP contribution is -2.41. The Kier molecular flexibility index (Phi) is 2.66. The third kappa shape index (κ3) is 1.91. The summed E-state index contributed by atoms with van der Waals surface area (Å²) in [6.07, 6.45) is 3.74. The first-order chi connectivity index (χ1) is 6.18. The van der Waals surface area contributed by atoms with Crippen molar-refractivity contribution < 1.29 is 14.2 Å². The van der Waals surface area contributed by atoms with Gasteiger partial charge in [0.2, 0.25) is 0 Å². The number of ether oxygens (including phenoxy) is 3. The van der Waals surface area contributed by atoms with Crippen LogP contribution in [0.15, 0.2) is 0 Å². The largest absolute Gasteiger partial charge is 0.367 e. The molecule has 0 N–H and O–H groups in total. The maximum atomic E-state index is 5.62. The van der Waals surface area contributed by atoms with Gasteiger partial charge in [0.05, 0.1) is 13.2 Å². The Balaban J connectivity index is 1.95. The zero-order valence-electron chi connectivity index (χ0n) is 7.85. The van der Waals surface area contributed by atoms with E-state index < -0.39 is 0 Å². The highest BCUT2D eigenvalue weighted by Crippen LogP contribution is 2.44. The SMILES string of the molecule is COC1(Br)CCC2(CC1)OCCO2. The van der Waals surface area contributed by atoms with Gasteiger partial charge >= 0.3 is 0 Å². The molecule has 1 spiro atoms. The van der Waals surface area contributed by atoms with Gasteiger partial charge in [-0.15, -0.1) is 0 Å². The summed E-state index contributed by atoms with van der Waals surface area (Å²) < 4.78 is 16.5. The molecule has 2 rings (SSSR count). The molecule has 3 nitrogen and oxygen atoms in total. The minimum absolute atomic E-state index is 0.145. The first kappa shape index (κ1) is 9.90.